The number of carboxylic acid groups (broad SMARTS) is 1. The predicted molar refractivity (Wildman–Crippen MR) is 80.4 cm³/mol. The van der Waals surface area contributed by atoms with Crippen molar-refractivity contribution in [2.75, 3.05) is 0 Å². The summed E-state index contributed by atoms with van der Waals surface area (Å²) in [5.41, 5.74) is 3.28. The van der Waals surface area contributed by atoms with Crippen LogP contribution in [0.3, 0.4) is 0 Å². The van der Waals surface area contributed by atoms with Crippen LogP contribution in [-0.2, 0) is 22.7 Å². The van der Waals surface area contributed by atoms with E-state index in [1.165, 1.54) is 0 Å². The Morgan fingerprint density at radius 3 is 2.42 bits per heavy atom. The molecule has 2 rings (SSSR count). The lowest BCUT2D eigenvalue weighted by atomic mass is 10.0. The van der Waals surface area contributed by atoms with Crippen molar-refractivity contribution in [1.82, 2.24) is 5.48 Å². The van der Waals surface area contributed by atoms with E-state index in [2.05, 4.69) is 5.48 Å². The molecular formula is C17H16F3NO3. The highest BCUT2D eigenvalue weighted by molar-refractivity contribution is 5.67. The summed E-state index contributed by atoms with van der Waals surface area (Å²) in [6.07, 6.45) is -0.530. The average molecular weight is 339 g/mol. The Hall–Kier alpha value is -2.38. The van der Waals surface area contributed by atoms with Crippen molar-refractivity contribution in [2.24, 2.45) is 0 Å². The Morgan fingerprint density at radius 1 is 1.08 bits per heavy atom. The number of benzene rings is 2. The zero-order chi connectivity index (χ0) is 17.5. The first-order valence-corrected chi connectivity index (χ1v) is 7.22. The third-order valence-electron chi connectivity index (χ3n) is 3.31. The minimum atomic E-state index is -1.29. The first-order valence-electron chi connectivity index (χ1n) is 7.22. The van der Waals surface area contributed by atoms with Crippen LogP contribution in [0.15, 0.2) is 42.5 Å². The van der Waals surface area contributed by atoms with E-state index < -0.39 is 29.5 Å². The molecule has 0 saturated carbocycles. The van der Waals surface area contributed by atoms with Crippen molar-refractivity contribution in [3.05, 3.63) is 71.0 Å². The van der Waals surface area contributed by atoms with Crippen LogP contribution in [0, 0.1) is 17.5 Å². The van der Waals surface area contributed by atoms with Gasteiger partial charge in [0.1, 0.15) is 5.82 Å². The fourth-order valence-corrected chi connectivity index (χ4v) is 2.17. The van der Waals surface area contributed by atoms with E-state index in [9.17, 15) is 18.0 Å². The van der Waals surface area contributed by atoms with Gasteiger partial charge >= 0.3 is 5.97 Å². The number of aliphatic carboxylic acids is 1. The predicted octanol–water partition coefficient (Wildman–Crippen LogP) is 3.21. The molecule has 7 heteroatoms. The van der Waals surface area contributed by atoms with Crippen molar-refractivity contribution >= 4 is 5.97 Å². The Bertz CT molecular complexity index is 695. The molecule has 0 aromatic heterocycles. The van der Waals surface area contributed by atoms with Gasteiger partial charge in [0.15, 0.2) is 11.6 Å². The van der Waals surface area contributed by atoms with Crippen LogP contribution in [0.1, 0.15) is 17.5 Å². The van der Waals surface area contributed by atoms with Gasteiger partial charge in [-0.25, -0.2) is 13.2 Å². The van der Waals surface area contributed by atoms with Crippen LogP contribution in [-0.4, -0.2) is 17.1 Å². The van der Waals surface area contributed by atoms with Gasteiger partial charge in [-0.2, -0.15) is 5.48 Å². The lowest BCUT2D eigenvalue weighted by Crippen LogP contribution is -2.33. The number of nitrogens with one attached hydrogen (secondary N) is 1. The summed E-state index contributed by atoms with van der Waals surface area (Å²) >= 11 is 0. The maximum atomic E-state index is 13.7. The van der Waals surface area contributed by atoms with Gasteiger partial charge < -0.3 is 5.11 Å². The van der Waals surface area contributed by atoms with Crippen molar-refractivity contribution in [1.29, 1.82) is 0 Å². The molecular weight excluding hydrogens is 323 g/mol. The van der Waals surface area contributed by atoms with Gasteiger partial charge in [0.05, 0.1) is 13.0 Å². The summed E-state index contributed by atoms with van der Waals surface area (Å²) in [5.74, 6) is -4.54. The summed E-state index contributed by atoms with van der Waals surface area (Å²) in [6.45, 7) is 0.178. The Balaban J connectivity index is 2.00. The number of rotatable bonds is 8. The highest BCUT2D eigenvalue weighted by atomic mass is 19.2. The van der Waals surface area contributed by atoms with E-state index in [0.29, 0.717) is 6.07 Å². The molecule has 24 heavy (non-hydrogen) atoms. The molecule has 0 fully saturated rings. The van der Waals surface area contributed by atoms with Crippen molar-refractivity contribution in [3.8, 4) is 0 Å². The monoisotopic (exact) mass is 339 g/mol. The summed E-state index contributed by atoms with van der Waals surface area (Å²) in [7, 11) is 0. The molecule has 0 unspecified atom stereocenters. The van der Waals surface area contributed by atoms with E-state index >= 15 is 0 Å². The third kappa shape index (κ3) is 5.36. The molecule has 1 atom stereocenters. The fourth-order valence-electron chi connectivity index (χ4n) is 2.17. The van der Waals surface area contributed by atoms with Crippen molar-refractivity contribution < 1.29 is 27.9 Å². The van der Waals surface area contributed by atoms with Gasteiger partial charge in [-0.05, 0) is 23.6 Å². The number of hydrogen-bond donors (Lipinski definition) is 2. The molecule has 0 aliphatic carbocycles. The molecule has 0 saturated heterocycles. The number of halogens is 3. The second-order valence-electron chi connectivity index (χ2n) is 5.25. The van der Waals surface area contributed by atoms with E-state index in [-0.39, 0.29) is 25.0 Å². The molecule has 128 valence electrons. The molecule has 0 bridgehead atoms. The third-order valence-corrected chi connectivity index (χ3v) is 3.31. The van der Waals surface area contributed by atoms with E-state index in [0.717, 1.165) is 11.6 Å². The molecule has 2 aromatic carbocycles. The van der Waals surface area contributed by atoms with Crippen LogP contribution >= 0.6 is 0 Å². The molecule has 0 spiro atoms. The summed E-state index contributed by atoms with van der Waals surface area (Å²) in [5, 5.41) is 8.92. The van der Waals surface area contributed by atoms with Gasteiger partial charge in [-0.1, -0.05) is 30.3 Å². The van der Waals surface area contributed by atoms with Gasteiger partial charge in [-0.15, -0.1) is 0 Å². The molecule has 2 aromatic rings. The zero-order valence-corrected chi connectivity index (χ0v) is 12.6. The number of carbonyl (C=O) groups is 1. The maximum absolute atomic E-state index is 13.7. The van der Waals surface area contributed by atoms with Crippen LogP contribution in [0.4, 0.5) is 13.2 Å². The van der Waals surface area contributed by atoms with Crippen molar-refractivity contribution in [2.45, 2.75) is 25.5 Å². The first kappa shape index (κ1) is 18.0. The maximum Gasteiger partial charge on any atom is 0.305 e. The van der Waals surface area contributed by atoms with Crippen LogP contribution in [0.25, 0.3) is 0 Å². The molecule has 0 heterocycles. The highest BCUT2D eigenvalue weighted by Crippen LogP contribution is 2.16. The summed E-state index contributed by atoms with van der Waals surface area (Å²) in [6, 6.07) is 9.49. The smallest absolute Gasteiger partial charge is 0.305 e. The molecule has 4 nitrogen and oxygen atoms in total. The number of carboxylic acids is 1. The van der Waals surface area contributed by atoms with Gasteiger partial charge in [-0.3, -0.25) is 9.63 Å². The second kappa shape index (κ2) is 8.47. The van der Waals surface area contributed by atoms with Gasteiger partial charge in [0, 0.05) is 12.1 Å². The molecule has 2 N–H and O–H groups in total. The Labute approximate surface area is 136 Å². The topological polar surface area (TPSA) is 58.6 Å². The molecule has 0 aliphatic heterocycles. The average Bonchev–Trinajstić information content (AvgIpc) is 2.53. The SMILES string of the molecule is O=C(O)C[C@H](Cc1cc(F)c(F)cc1F)NOCc1ccccc1. The van der Waals surface area contributed by atoms with Gasteiger partial charge in [0.2, 0.25) is 0 Å². The zero-order valence-electron chi connectivity index (χ0n) is 12.6. The lowest BCUT2D eigenvalue weighted by Gasteiger charge is -2.17. The second-order valence-corrected chi connectivity index (χ2v) is 5.25. The quantitative estimate of drug-likeness (QED) is 0.573. The van der Waals surface area contributed by atoms with Gasteiger partial charge in [0.25, 0.3) is 0 Å². The van der Waals surface area contributed by atoms with E-state index in [4.69, 9.17) is 9.94 Å². The highest BCUT2D eigenvalue weighted by Gasteiger charge is 2.18. The Kier molecular flexibility index (Phi) is 6.34. The largest absolute Gasteiger partial charge is 0.481 e. The molecule has 0 aliphatic rings. The van der Waals surface area contributed by atoms with Crippen LogP contribution in [0.2, 0.25) is 0 Å². The normalized spacial score (nSPS) is 12.1. The lowest BCUT2D eigenvalue weighted by molar-refractivity contribution is -0.138. The Morgan fingerprint density at radius 2 is 1.75 bits per heavy atom. The number of hydroxylamine groups is 1. The number of hydrogen-bond acceptors (Lipinski definition) is 3. The van der Waals surface area contributed by atoms with Crippen molar-refractivity contribution in [3.63, 3.8) is 0 Å². The van der Waals surface area contributed by atoms with Crippen LogP contribution in [0.5, 0.6) is 0 Å². The molecule has 0 amide bonds. The minimum Gasteiger partial charge on any atom is -0.481 e. The summed E-state index contributed by atoms with van der Waals surface area (Å²) in [4.78, 5) is 16.2. The van der Waals surface area contributed by atoms with Crippen LogP contribution < -0.4 is 5.48 Å². The first-order chi connectivity index (χ1) is 11.5. The standard InChI is InChI=1S/C17H16F3NO3/c18-14-9-16(20)15(19)7-12(14)6-13(8-17(22)23)21-24-10-11-4-2-1-3-5-11/h1-5,7,9,13,21H,6,8,10H2,(H,22,23)/t13-/m0/s1. The van der Waals surface area contributed by atoms with E-state index in [1.807, 2.05) is 30.3 Å². The summed E-state index contributed by atoms with van der Waals surface area (Å²) < 4.78 is 39.9. The van der Waals surface area contributed by atoms with E-state index in [1.54, 1.807) is 0 Å². The fraction of sp³-hybridized carbons (Fsp3) is 0.235. The molecule has 0 radical (unpaired) electrons. The minimum absolute atomic E-state index is 0.129.